The first-order valence-corrected chi connectivity index (χ1v) is 6.53. The quantitative estimate of drug-likeness (QED) is 0.854. The van der Waals surface area contributed by atoms with E-state index in [2.05, 4.69) is 16.8 Å². The maximum Gasteiger partial charge on any atom is 0.138 e. The van der Waals surface area contributed by atoms with Crippen LogP contribution in [0.5, 0.6) is 5.75 Å². The summed E-state index contributed by atoms with van der Waals surface area (Å²) in [6, 6.07) is 3.60. The van der Waals surface area contributed by atoms with Gasteiger partial charge in [-0.1, -0.05) is 6.92 Å². The van der Waals surface area contributed by atoms with Gasteiger partial charge in [0.15, 0.2) is 0 Å². The van der Waals surface area contributed by atoms with Gasteiger partial charge in [0.1, 0.15) is 5.75 Å². The first kappa shape index (κ1) is 12.4. The second-order valence-corrected chi connectivity index (χ2v) is 5.23. The molecule has 0 radical (unpaired) electrons. The molecule has 1 atom stereocenters. The van der Waals surface area contributed by atoms with Gasteiger partial charge in [0.05, 0.1) is 5.69 Å². The minimum atomic E-state index is 0.327. The third-order valence-corrected chi connectivity index (χ3v) is 3.57. The normalized spacial score (nSPS) is 22.4. The zero-order chi connectivity index (χ0) is 12.3. The van der Waals surface area contributed by atoms with Crippen molar-refractivity contribution in [3.05, 3.63) is 23.5 Å². The molecule has 1 saturated heterocycles. The molecule has 0 amide bonds. The van der Waals surface area contributed by atoms with Crippen molar-refractivity contribution in [3.63, 3.8) is 0 Å². The van der Waals surface area contributed by atoms with Crippen LogP contribution in [0, 0.1) is 12.8 Å². The number of aryl methyl sites for hydroxylation is 1. The standard InChI is InChI=1S/C14H22N2O/c1-11-4-3-8-16(9-7-11)10-13-14(17)6-5-12(2)15-13/h5-6,11,17H,3-4,7-10H2,1-2H3. The number of aromatic nitrogens is 1. The molecule has 1 N–H and O–H groups in total. The minimum Gasteiger partial charge on any atom is -0.506 e. The molecular formula is C14H22N2O. The van der Waals surface area contributed by atoms with Crippen LogP contribution in [-0.4, -0.2) is 28.1 Å². The SMILES string of the molecule is Cc1ccc(O)c(CN2CCCC(C)CC2)n1. The van der Waals surface area contributed by atoms with E-state index in [1.165, 1.54) is 19.3 Å². The van der Waals surface area contributed by atoms with Gasteiger partial charge >= 0.3 is 0 Å². The molecule has 94 valence electrons. The monoisotopic (exact) mass is 234 g/mol. The number of likely N-dealkylation sites (tertiary alicyclic amines) is 1. The molecule has 0 spiro atoms. The molecule has 3 heteroatoms. The zero-order valence-electron chi connectivity index (χ0n) is 10.8. The molecule has 17 heavy (non-hydrogen) atoms. The van der Waals surface area contributed by atoms with Crippen LogP contribution in [0.3, 0.4) is 0 Å². The van der Waals surface area contributed by atoms with Crippen molar-refractivity contribution in [1.82, 2.24) is 9.88 Å². The van der Waals surface area contributed by atoms with E-state index in [0.29, 0.717) is 5.75 Å². The zero-order valence-corrected chi connectivity index (χ0v) is 10.8. The third-order valence-electron chi connectivity index (χ3n) is 3.57. The molecule has 1 aromatic heterocycles. The second kappa shape index (κ2) is 5.50. The van der Waals surface area contributed by atoms with Crippen molar-refractivity contribution >= 4 is 0 Å². The minimum absolute atomic E-state index is 0.327. The highest BCUT2D eigenvalue weighted by atomic mass is 16.3. The highest BCUT2D eigenvalue weighted by Crippen LogP contribution is 2.21. The van der Waals surface area contributed by atoms with Crippen LogP contribution >= 0.6 is 0 Å². The molecular weight excluding hydrogens is 212 g/mol. The van der Waals surface area contributed by atoms with E-state index in [9.17, 15) is 5.11 Å². The molecule has 0 aromatic carbocycles. The van der Waals surface area contributed by atoms with E-state index in [4.69, 9.17) is 0 Å². The molecule has 2 heterocycles. The van der Waals surface area contributed by atoms with Crippen molar-refractivity contribution in [1.29, 1.82) is 0 Å². The van der Waals surface area contributed by atoms with Gasteiger partial charge in [-0.15, -0.1) is 0 Å². The van der Waals surface area contributed by atoms with E-state index >= 15 is 0 Å². The van der Waals surface area contributed by atoms with Crippen molar-refractivity contribution in [2.24, 2.45) is 5.92 Å². The molecule has 2 rings (SSSR count). The fourth-order valence-corrected chi connectivity index (χ4v) is 2.41. The van der Waals surface area contributed by atoms with Crippen LogP contribution in [0.15, 0.2) is 12.1 Å². The molecule has 1 fully saturated rings. The fraction of sp³-hybridized carbons (Fsp3) is 0.643. The van der Waals surface area contributed by atoms with Crippen LogP contribution in [0.25, 0.3) is 0 Å². The molecule has 1 aliphatic heterocycles. The smallest absolute Gasteiger partial charge is 0.138 e. The lowest BCUT2D eigenvalue weighted by molar-refractivity contribution is 0.266. The summed E-state index contributed by atoms with van der Waals surface area (Å²) in [5.41, 5.74) is 1.79. The average Bonchev–Trinajstić information content (AvgIpc) is 2.49. The van der Waals surface area contributed by atoms with Gasteiger partial charge in [0.25, 0.3) is 0 Å². The first-order valence-electron chi connectivity index (χ1n) is 6.53. The van der Waals surface area contributed by atoms with Crippen LogP contribution in [0.1, 0.15) is 37.6 Å². The molecule has 0 aliphatic carbocycles. The Hall–Kier alpha value is -1.09. The van der Waals surface area contributed by atoms with E-state index < -0.39 is 0 Å². The van der Waals surface area contributed by atoms with E-state index in [1.807, 2.05) is 13.0 Å². The lowest BCUT2D eigenvalue weighted by Crippen LogP contribution is -2.24. The van der Waals surface area contributed by atoms with Gasteiger partial charge < -0.3 is 5.11 Å². The summed E-state index contributed by atoms with van der Waals surface area (Å²) in [6.45, 7) is 7.31. The molecule has 1 aliphatic rings. The third kappa shape index (κ3) is 3.43. The Morgan fingerprint density at radius 2 is 2.18 bits per heavy atom. The maximum atomic E-state index is 9.80. The lowest BCUT2D eigenvalue weighted by Gasteiger charge is -2.20. The summed E-state index contributed by atoms with van der Waals surface area (Å²) in [5.74, 6) is 1.16. The van der Waals surface area contributed by atoms with Crippen LogP contribution in [-0.2, 0) is 6.54 Å². The molecule has 0 saturated carbocycles. The highest BCUT2D eigenvalue weighted by molar-refractivity contribution is 5.27. The van der Waals surface area contributed by atoms with Gasteiger partial charge in [0.2, 0.25) is 0 Å². The second-order valence-electron chi connectivity index (χ2n) is 5.23. The predicted molar refractivity (Wildman–Crippen MR) is 68.9 cm³/mol. The van der Waals surface area contributed by atoms with Crippen LogP contribution < -0.4 is 0 Å². The van der Waals surface area contributed by atoms with Gasteiger partial charge in [-0.2, -0.15) is 0 Å². The van der Waals surface area contributed by atoms with Crippen LogP contribution in [0.2, 0.25) is 0 Å². The Morgan fingerprint density at radius 3 is 3.00 bits per heavy atom. The Bertz CT molecular complexity index is 378. The summed E-state index contributed by atoms with van der Waals surface area (Å²) in [5, 5.41) is 9.80. The first-order chi connectivity index (χ1) is 8.15. The van der Waals surface area contributed by atoms with Gasteiger partial charge in [-0.3, -0.25) is 9.88 Å². The number of pyridine rings is 1. The Kier molecular flexibility index (Phi) is 4.00. The number of hydrogen-bond donors (Lipinski definition) is 1. The molecule has 0 bridgehead atoms. The Morgan fingerprint density at radius 1 is 1.35 bits per heavy atom. The van der Waals surface area contributed by atoms with E-state index in [-0.39, 0.29) is 0 Å². The number of nitrogens with zero attached hydrogens (tertiary/aromatic N) is 2. The number of rotatable bonds is 2. The fourth-order valence-electron chi connectivity index (χ4n) is 2.41. The largest absolute Gasteiger partial charge is 0.506 e. The van der Waals surface area contributed by atoms with Gasteiger partial charge in [-0.25, -0.2) is 0 Å². The summed E-state index contributed by atoms with van der Waals surface area (Å²) in [4.78, 5) is 6.83. The molecule has 3 nitrogen and oxygen atoms in total. The average molecular weight is 234 g/mol. The lowest BCUT2D eigenvalue weighted by atomic mass is 10.0. The molecule has 1 aromatic rings. The topological polar surface area (TPSA) is 36.4 Å². The summed E-state index contributed by atoms with van der Waals surface area (Å²) in [7, 11) is 0. The summed E-state index contributed by atoms with van der Waals surface area (Å²) >= 11 is 0. The van der Waals surface area contributed by atoms with Gasteiger partial charge in [-0.05, 0) is 57.3 Å². The van der Waals surface area contributed by atoms with E-state index in [1.54, 1.807) is 6.07 Å². The van der Waals surface area contributed by atoms with Crippen molar-refractivity contribution in [3.8, 4) is 5.75 Å². The summed E-state index contributed by atoms with van der Waals surface area (Å²) < 4.78 is 0. The maximum absolute atomic E-state index is 9.80. The number of hydrogen-bond acceptors (Lipinski definition) is 3. The predicted octanol–water partition coefficient (Wildman–Crippen LogP) is 2.72. The summed E-state index contributed by atoms with van der Waals surface area (Å²) in [6.07, 6.45) is 3.84. The highest BCUT2D eigenvalue weighted by Gasteiger charge is 2.15. The number of aromatic hydroxyl groups is 1. The van der Waals surface area contributed by atoms with Crippen LogP contribution in [0.4, 0.5) is 0 Å². The molecule has 1 unspecified atom stereocenters. The van der Waals surface area contributed by atoms with E-state index in [0.717, 1.165) is 36.9 Å². The Balaban J connectivity index is 2.02. The van der Waals surface area contributed by atoms with Crippen molar-refractivity contribution in [2.45, 2.75) is 39.7 Å². The Labute approximate surface area is 103 Å². The van der Waals surface area contributed by atoms with Crippen molar-refractivity contribution in [2.75, 3.05) is 13.1 Å². The van der Waals surface area contributed by atoms with Crippen molar-refractivity contribution < 1.29 is 5.11 Å². The van der Waals surface area contributed by atoms with Gasteiger partial charge in [0, 0.05) is 12.2 Å².